The number of hydrogen-bond acceptors (Lipinski definition) is 5. The molecular formula is C17H17N2O5PS. The Morgan fingerprint density at radius 1 is 1.27 bits per heavy atom. The van der Waals surface area contributed by atoms with Crippen molar-refractivity contribution in [2.45, 2.75) is 12.5 Å². The maximum absolute atomic E-state index is 12.6. The molecule has 1 amide bonds. The average Bonchev–Trinajstić information content (AvgIpc) is 3.04. The second-order valence-electron chi connectivity index (χ2n) is 5.67. The molecule has 26 heavy (non-hydrogen) atoms. The van der Waals surface area contributed by atoms with Crippen molar-refractivity contribution in [2.75, 3.05) is 6.61 Å². The molecule has 0 spiro atoms. The summed E-state index contributed by atoms with van der Waals surface area (Å²) in [6.07, 6.45) is 3.60. The number of phosphoric acid groups is 1. The van der Waals surface area contributed by atoms with Crippen molar-refractivity contribution in [3.05, 3.63) is 65.3 Å². The van der Waals surface area contributed by atoms with Gasteiger partial charge in [0.2, 0.25) is 0 Å². The third kappa shape index (κ3) is 5.20. The lowest BCUT2D eigenvalue weighted by Gasteiger charge is -2.18. The fourth-order valence-electron chi connectivity index (χ4n) is 2.49. The van der Waals surface area contributed by atoms with Crippen molar-refractivity contribution in [3.8, 4) is 0 Å². The second-order valence-corrected chi connectivity index (χ2v) is 7.99. The lowest BCUT2D eigenvalue weighted by molar-refractivity contribution is 0.0913. The van der Waals surface area contributed by atoms with Crippen LogP contribution in [-0.2, 0) is 15.5 Å². The fraction of sp³-hybridized carbons (Fsp3) is 0.176. The fourth-order valence-corrected chi connectivity index (χ4v) is 3.83. The first kappa shape index (κ1) is 18.7. The van der Waals surface area contributed by atoms with E-state index in [0.29, 0.717) is 11.3 Å². The van der Waals surface area contributed by atoms with Crippen molar-refractivity contribution in [2.24, 2.45) is 0 Å². The Morgan fingerprint density at radius 3 is 2.77 bits per heavy atom. The van der Waals surface area contributed by atoms with Crippen molar-refractivity contribution in [1.29, 1.82) is 0 Å². The molecule has 0 radical (unpaired) electrons. The van der Waals surface area contributed by atoms with E-state index in [2.05, 4.69) is 14.8 Å². The summed E-state index contributed by atoms with van der Waals surface area (Å²) in [5.41, 5.74) is 0.823. The van der Waals surface area contributed by atoms with E-state index < -0.39 is 13.9 Å². The third-order valence-corrected chi connectivity index (χ3v) is 5.23. The van der Waals surface area contributed by atoms with Gasteiger partial charge in [-0.2, -0.15) is 0 Å². The molecule has 9 heteroatoms. The molecule has 7 nitrogen and oxygen atoms in total. The molecule has 0 aliphatic carbocycles. The summed E-state index contributed by atoms with van der Waals surface area (Å²) in [6, 6.07) is 12.4. The Labute approximate surface area is 153 Å². The van der Waals surface area contributed by atoms with Gasteiger partial charge in [-0.05, 0) is 35.6 Å². The monoisotopic (exact) mass is 392 g/mol. The molecule has 2 heterocycles. The van der Waals surface area contributed by atoms with Crippen molar-refractivity contribution >= 4 is 35.2 Å². The number of thiophene rings is 1. The van der Waals surface area contributed by atoms with E-state index in [-0.39, 0.29) is 12.5 Å². The Morgan fingerprint density at radius 2 is 2.08 bits per heavy atom. The van der Waals surface area contributed by atoms with Gasteiger partial charge >= 0.3 is 7.82 Å². The Kier molecular flexibility index (Phi) is 5.80. The van der Waals surface area contributed by atoms with Gasteiger partial charge in [0.1, 0.15) is 0 Å². The zero-order valence-electron chi connectivity index (χ0n) is 13.6. The molecular weight excluding hydrogens is 375 g/mol. The molecule has 1 atom stereocenters. The quantitative estimate of drug-likeness (QED) is 0.534. The number of carbonyl (C=O) groups is 1. The first-order chi connectivity index (χ1) is 12.4. The molecule has 2 aromatic heterocycles. The molecule has 0 bridgehead atoms. The van der Waals surface area contributed by atoms with Crippen LogP contribution in [0, 0.1) is 0 Å². The van der Waals surface area contributed by atoms with Gasteiger partial charge in [0.15, 0.2) is 0 Å². The number of hydrogen-bond donors (Lipinski definition) is 3. The Bertz CT molecular complexity index is 907. The van der Waals surface area contributed by atoms with Crippen LogP contribution >= 0.6 is 19.2 Å². The molecule has 3 N–H and O–H groups in total. The van der Waals surface area contributed by atoms with Crippen molar-refractivity contribution in [3.63, 3.8) is 0 Å². The largest absolute Gasteiger partial charge is 0.469 e. The van der Waals surface area contributed by atoms with Gasteiger partial charge in [-0.1, -0.05) is 24.3 Å². The number of carbonyl (C=O) groups excluding carboxylic acids is 1. The summed E-state index contributed by atoms with van der Waals surface area (Å²) in [7, 11) is -4.63. The third-order valence-electron chi connectivity index (χ3n) is 3.63. The van der Waals surface area contributed by atoms with E-state index in [9.17, 15) is 9.36 Å². The maximum atomic E-state index is 12.6. The molecule has 0 saturated heterocycles. The van der Waals surface area contributed by atoms with Gasteiger partial charge in [0, 0.05) is 17.1 Å². The summed E-state index contributed by atoms with van der Waals surface area (Å²) in [5, 5.41) is 3.76. The van der Waals surface area contributed by atoms with E-state index in [1.54, 1.807) is 24.5 Å². The second kappa shape index (κ2) is 8.07. The molecule has 3 rings (SSSR count). The molecule has 136 valence electrons. The smallest absolute Gasteiger partial charge is 0.346 e. The lowest BCUT2D eigenvalue weighted by atomic mass is 10.1. The average molecular weight is 392 g/mol. The highest BCUT2D eigenvalue weighted by Crippen LogP contribution is 2.35. The highest BCUT2D eigenvalue weighted by Gasteiger charge is 2.21. The Balaban J connectivity index is 1.74. The topological polar surface area (TPSA) is 109 Å². The van der Waals surface area contributed by atoms with Gasteiger partial charge in [0.25, 0.3) is 5.91 Å². The minimum Gasteiger partial charge on any atom is -0.346 e. The Hall–Kier alpha value is -2.09. The zero-order valence-corrected chi connectivity index (χ0v) is 15.3. The molecule has 0 aliphatic rings. The first-order valence-corrected chi connectivity index (χ1v) is 10.1. The van der Waals surface area contributed by atoms with Crippen molar-refractivity contribution < 1.29 is 23.7 Å². The lowest BCUT2D eigenvalue weighted by Crippen LogP contribution is -2.39. The molecule has 1 unspecified atom stereocenters. The number of pyridine rings is 1. The molecule has 0 fully saturated rings. The van der Waals surface area contributed by atoms with Crippen LogP contribution in [0.25, 0.3) is 10.1 Å². The first-order valence-electron chi connectivity index (χ1n) is 7.79. The predicted octanol–water partition coefficient (Wildman–Crippen LogP) is 2.75. The van der Waals surface area contributed by atoms with Crippen LogP contribution in [-0.4, -0.2) is 33.3 Å². The number of fused-ring (bicyclic) bond motifs is 1. The molecule has 1 aromatic carbocycles. The van der Waals surface area contributed by atoms with Crippen LogP contribution in [0.1, 0.15) is 15.2 Å². The number of nitrogens with zero attached hydrogens (tertiary/aromatic N) is 1. The van der Waals surface area contributed by atoms with Gasteiger partial charge in [-0.15, -0.1) is 11.3 Å². The number of rotatable bonds is 7. The van der Waals surface area contributed by atoms with E-state index in [1.807, 2.05) is 30.3 Å². The number of benzene rings is 1. The van der Waals surface area contributed by atoms with Gasteiger partial charge in [-0.25, -0.2) is 4.57 Å². The molecule has 0 saturated carbocycles. The van der Waals surface area contributed by atoms with Crippen LogP contribution in [0.4, 0.5) is 0 Å². The van der Waals surface area contributed by atoms with Crippen LogP contribution in [0.2, 0.25) is 0 Å². The summed E-state index contributed by atoms with van der Waals surface area (Å²) < 4.78 is 16.6. The maximum Gasteiger partial charge on any atom is 0.469 e. The van der Waals surface area contributed by atoms with Crippen molar-refractivity contribution in [1.82, 2.24) is 10.3 Å². The predicted molar refractivity (Wildman–Crippen MR) is 99.0 cm³/mol. The van der Waals surface area contributed by atoms with Crippen LogP contribution in [0.5, 0.6) is 0 Å². The molecule has 3 aromatic rings. The van der Waals surface area contributed by atoms with Gasteiger partial charge in [-0.3, -0.25) is 14.3 Å². The SMILES string of the molecule is O=C(NC(COP(=O)(O)O)Cc1cccnc1)c1cc2ccccc2s1. The number of aromatic nitrogens is 1. The highest BCUT2D eigenvalue weighted by atomic mass is 32.1. The van der Waals surface area contributed by atoms with E-state index in [4.69, 9.17) is 9.79 Å². The summed E-state index contributed by atoms with van der Waals surface area (Å²) in [6.45, 7) is -0.310. The number of phosphoric ester groups is 1. The number of amides is 1. The van der Waals surface area contributed by atoms with E-state index >= 15 is 0 Å². The van der Waals surface area contributed by atoms with Gasteiger partial charge < -0.3 is 15.1 Å². The van der Waals surface area contributed by atoms with Crippen LogP contribution in [0.15, 0.2) is 54.9 Å². The summed E-state index contributed by atoms with van der Waals surface area (Å²) in [5.74, 6) is -0.311. The number of nitrogens with one attached hydrogen (secondary N) is 1. The van der Waals surface area contributed by atoms with E-state index in [1.165, 1.54) is 11.3 Å². The minimum absolute atomic E-state index is 0.310. The highest BCUT2D eigenvalue weighted by molar-refractivity contribution is 7.46. The van der Waals surface area contributed by atoms with Crippen LogP contribution in [0.3, 0.4) is 0 Å². The summed E-state index contributed by atoms with van der Waals surface area (Å²) in [4.78, 5) is 35.0. The normalized spacial score (nSPS) is 12.8. The zero-order chi connectivity index (χ0) is 18.6. The standard InChI is InChI=1S/C17H17N2O5PS/c20-17(16-9-13-5-1-2-6-15(13)26-16)19-14(11-24-25(21,22)23)8-12-4-3-7-18-10-12/h1-7,9-10,14H,8,11H2,(H,19,20)(H2,21,22,23). The van der Waals surface area contributed by atoms with E-state index in [0.717, 1.165) is 15.6 Å². The van der Waals surface area contributed by atoms with Crippen LogP contribution < -0.4 is 5.32 Å². The minimum atomic E-state index is -4.63. The van der Waals surface area contributed by atoms with Gasteiger partial charge in [0.05, 0.1) is 17.5 Å². The molecule has 0 aliphatic heterocycles. The summed E-state index contributed by atoms with van der Waals surface area (Å²) >= 11 is 1.36.